The number of hydrogen-bond acceptors (Lipinski definition) is 4. The lowest BCUT2D eigenvalue weighted by Crippen LogP contribution is -2.58. The average Bonchev–Trinajstić information content (AvgIpc) is 2.46. The highest BCUT2D eigenvalue weighted by Crippen LogP contribution is 2.14. The first-order chi connectivity index (χ1) is 9.52. The molecule has 2 amide bonds. The second-order valence-corrected chi connectivity index (χ2v) is 4.85. The van der Waals surface area contributed by atoms with Crippen molar-refractivity contribution >= 4 is 12.0 Å². The normalized spacial score (nSPS) is 20.6. The predicted octanol–water partition coefficient (Wildman–Crippen LogP) is 0.639. The molecule has 7 nitrogen and oxygen atoms in total. The van der Waals surface area contributed by atoms with Crippen molar-refractivity contribution in [3.05, 3.63) is 0 Å². The summed E-state index contributed by atoms with van der Waals surface area (Å²) in [6.07, 6.45) is 0.803. The lowest BCUT2D eigenvalue weighted by atomic mass is 10.2. The number of carboxylic acid groups (broad SMARTS) is 1. The first-order valence-corrected chi connectivity index (χ1v) is 6.89. The van der Waals surface area contributed by atoms with Crippen LogP contribution in [0.15, 0.2) is 0 Å². The third kappa shape index (κ3) is 4.08. The number of carbonyl (C=O) groups is 2. The number of aliphatic carboxylic acids is 1. The number of morpholine rings is 1. The molecule has 0 radical (unpaired) electrons. The van der Waals surface area contributed by atoms with Crippen molar-refractivity contribution in [3.63, 3.8) is 0 Å². The minimum absolute atomic E-state index is 0.0370. The van der Waals surface area contributed by atoms with E-state index >= 15 is 0 Å². The van der Waals surface area contributed by atoms with E-state index in [0.717, 1.165) is 6.42 Å². The summed E-state index contributed by atoms with van der Waals surface area (Å²) in [6.45, 7) is 5.53. The minimum atomic E-state index is -1.03. The van der Waals surface area contributed by atoms with Crippen molar-refractivity contribution in [1.82, 2.24) is 9.80 Å². The molecular formula is C13H24N2O5. The van der Waals surface area contributed by atoms with Crippen LogP contribution in [-0.2, 0) is 14.3 Å². The Labute approximate surface area is 119 Å². The molecule has 1 heterocycles. The zero-order valence-corrected chi connectivity index (χ0v) is 12.4. The van der Waals surface area contributed by atoms with Gasteiger partial charge in [-0.3, -0.25) is 0 Å². The molecular weight excluding hydrogens is 264 g/mol. The summed E-state index contributed by atoms with van der Waals surface area (Å²) >= 11 is 0. The average molecular weight is 288 g/mol. The molecule has 0 aliphatic carbocycles. The van der Waals surface area contributed by atoms with E-state index in [1.165, 1.54) is 4.90 Å². The van der Waals surface area contributed by atoms with Gasteiger partial charge >= 0.3 is 12.0 Å². The van der Waals surface area contributed by atoms with Gasteiger partial charge in [-0.1, -0.05) is 6.92 Å². The standard InChI is InChI=1S/C13H24N2O5/c1-4-10(2)14(5-7-19-3)13(18)15-6-8-20-9-11(15)12(16)17/h10-11H,4-9H2,1-3H3,(H,16,17). The van der Waals surface area contributed by atoms with Gasteiger partial charge in [0.05, 0.1) is 19.8 Å². The van der Waals surface area contributed by atoms with E-state index in [4.69, 9.17) is 9.47 Å². The minimum Gasteiger partial charge on any atom is -0.480 e. The summed E-state index contributed by atoms with van der Waals surface area (Å²) in [5.41, 5.74) is 0. The van der Waals surface area contributed by atoms with E-state index < -0.39 is 12.0 Å². The fourth-order valence-corrected chi connectivity index (χ4v) is 2.12. The third-order valence-corrected chi connectivity index (χ3v) is 3.56. The summed E-state index contributed by atoms with van der Waals surface area (Å²) in [7, 11) is 1.58. The van der Waals surface area contributed by atoms with Crippen molar-refractivity contribution in [2.24, 2.45) is 0 Å². The number of ether oxygens (including phenoxy) is 2. The molecule has 0 aromatic carbocycles. The number of nitrogens with zero attached hydrogens (tertiary/aromatic N) is 2. The van der Waals surface area contributed by atoms with Crippen LogP contribution < -0.4 is 0 Å². The Bertz CT molecular complexity index is 337. The Balaban J connectivity index is 2.82. The zero-order chi connectivity index (χ0) is 15.1. The van der Waals surface area contributed by atoms with Gasteiger partial charge in [-0.2, -0.15) is 0 Å². The lowest BCUT2D eigenvalue weighted by Gasteiger charge is -2.38. The highest BCUT2D eigenvalue weighted by molar-refractivity contribution is 5.83. The van der Waals surface area contributed by atoms with Crippen LogP contribution in [0.5, 0.6) is 0 Å². The van der Waals surface area contributed by atoms with Crippen LogP contribution in [0.1, 0.15) is 20.3 Å². The van der Waals surface area contributed by atoms with Gasteiger partial charge in [0.2, 0.25) is 0 Å². The summed E-state index contributed by atoms with van der Waals surface area (Å²) in [5.74, 6) is -1.03. The molecule has 0 bridgehead atoms. The van der Waals surface area contributed by atoms with Crippen molar-refractivity contribution < 1.29 is 24.2 Å². The predicted molar refractivity (Wildman–Crippen MR) is 72.7 cm³/mol. The Kier molecular flexibility index (Phi) is 6.74. The number of urea groups is 1. The van der Waals surface area contributed by atoms with Gasteiger partial charge in [-0.15, -0.1) is 0 Å². The molecule has 7 heteroatoms. The molecule has 116 valence electrons. The molecule has 1 fully saturated rings. The van der Waals surface area contributed by atoms with Gasteiger partial charge in [0.25, 0.3) is 0 Å². The molecule has 1 rings (SSSR count). The van der Waals surface area contributed by atoms with E-state index in [0.29, 0.717) is 26.3 Å². The van der Waals surface area contributed by atoms with Gasteiger partial charge < -0.3 is 24.4 Å². The molecule has 1 aliphatic heterocycles. The van der Waals surface area contributed by atoms with Crippen molar-refractivity contribution in [1.29, 1.82) is 0 Å². The van der Waals surface area contributed by atoms with Crippen LogP contribution in [0.3, 0.4) is 0 Å². The second-order valence-electron chi connectivity index (χ2n) is 4.85. The molecule has 0 saturated carbocycles. The number of hydrogen-bond donors (Lipinski definition) is 1. The first-order valence-electron chi connectivity index (χ1n) is 6.89. The molecule has 1 N–H and O–H groups in total. The zero-order valence-electron chi connectivity index (χ0n) is 12.4. The number of methoxy groups -OCH3 is 1. The van der Waals surface area contributed by atoms with Crippen molar-refractivity contribution in [3.8, 4) is 0 Å². The monoisotopic (exact) mass is 288 g/mol. The molecule has 20 heavy (non-hydrogen) atoms. The van der Waals surface area contributed by atoms with Crippen LogP contribution in [0, 0.1) is 0 Å². The Morgan fingerprint density at radius 2 is 2.25 bits per heavy atom. The fourth-order valence-electron chi connectivity index (χ4n) is 2.12. The van der Waals surface area contributed by atoms with Gasteiger partial charge in [-0.25, -0.2) is 9.59 Å². The maximum absolute atomic E-state index is 12.6. The lowest BCUT2D eigenvalue weighted by molar-refractivity contribution is -0.147. The molecule has 2 atom stereocenters. The molecule has 1 aliphatic rings. The summed E-state index contributed by atoms with van der Waals surface area (Å²) < 4.78 is 10.2. The van der Waals surface area contributed by atoms with Gasteiger partial charge in [0.1, 0.15) is 0 Å². The first kappa shape index (κ1) is 16.7. The molecule has 0 aromatic heterocycles. The van der Waals surface area contributed by atoms with Crippen LogP contribution in [0.2, 0.25) is 0 Å². The van der Waals surface area contributed by atoms with Crippen molar-refractivity contribution in [2.45, 2.75) is 32.4 Å². The van der Waals surface area contributed by atoms with Crippen LogP contribution in [0.4, 0.5) is 4.79 Å². The molecule has 2 unspecified atom stereocenters. The molecule has 1 saturated heterocycles. The van der Waals surface area contributed by atoms with E-state index in [1.54, 1.807) is 12.0 Å². The maximum Gasteiger partial charge on any atom is 0.328 e. The van der Waals surface area contributed by atoms with Crippen LogP contribution in [-0.4, -0.2) is 79.0 Å². The van der Waals surface area contributed by atoms with E-state index in [1.807, 2.05) is 13.8 Å². The van der Waals surface area contributed by atoms with Gasteiger partial charge in [0.15, 0.2) is 6.04 Å². The van der Waals surface area contributed by atoms with Crippen molar-refractivity contribution in [2.75, 3.05) is 40.0 Å². The molecule has 0 spiro atoms. The Hall–Kier alpha value is -1.34. The Morgan fingerprint density at radius 1 is 1.55 bits per heavy atom. The summed E-state index contributed by atoms with van der Waals surface area (Å²) in [6, 6.07) is -1.13. The van der Waals surface area contributed by atoms with E-state index in [2.05, 4.69) is 0 Å². The van der Waals surface area contributed by atoms with Gasteiger partial charge in [0, 0.05) is 26.2 Å². The highest BCUT2D eigenvalue weighted by Gasteiger charge is 2.35. The number of amides is 2. The number of carboxylic acids is 1. The summed E-state index contributed by atoms with van der Waals surface area (Å²) in [5, 5.41) is 9.19. The number of carbonyl (C=O) groups excluding carboxylic acids is 1. The fraction of sp³-hybridized carbons (Fsp3) is 0.846. The summed E-state index contributed by atoms with van der Waals surface area (Å²) in [4.78, 5) is 26.9. The SMILES string of the molecule is CCC(C)N(CCOC)C(=O)N1CCOCC1C(=O)O. The maximum atomic E-state index is 12.6. The van der Waals surface area contributed by atoms with Crippen LogP contribution in [0.25, 0.3) is 0 Å². The second kappa shape index (κ2) is 8.06. The highest BCUT2D eigenvalue weighted by atomic mass is 16.5. The van der Waals surface area contributed by atoms with Crippen LogP contribution >= 0.6 is 0 Å². The smallest absolute Gasteiger partial charge is 0.328 e. The third-order valence-electron chi connectivity index (χ3n) is 3.56. The van der Waals surface area contributed by atoms with Gasteiger partial charge in [-0.05, 0) is 13.3 Å². The molecule has 0 aromatic rings. The quantitative estimate of drug-likeness (QED) is 0.776. The largest absolute Gasteiger partial charge is 0.480 e. The Morgan fingerprint density at radius 3 is 2.80 bits per heavy atom. The number of rotatable bonds is 6. The van der Waals surface area contributed by atoms with E-state index in [-0.39, 0.29) is 18.7 Å². The van der Waals surface area contributed by atoms with E-state index in [9.17, 15) is 14.7 Å². The topological polar surface area (TPSA) is 79.3 Å².